The number of nitrogens with one attached hydrogen (secondary N) is 2. The molecule has 0 bridgehead atoms. The van der Waals surface area contributed by atoms with Crippen LogP contribution in [-0.4, -0.2) is 33.5 Å². The average molecular weight is 390 g/mol. The van der Waals surface area contributed by atoms with Gasteiger partial charge in [0.15, 0.2) is 10.9 Å². The highest BCUT2D eigenvalue weighted by Crippen LogP contribution is 2.29. The van der Waals surface area contributed by atoms with Crippen molar-refractivity contribution in [2.45, 2.75) is 20.8 Å². The molecule has 3 rings (SSSR count). The summed E-state index contributed by atoms with van der Waals surface area (Å²) in [6, 6.07) is 5.75. The SMILES string of the molecule is Cc1cc(C)c2nc(NC(=O)CSCC(=O)Nc3cc(C)on3)sc2c1. The molecule has 1 aromatic carbocycles. The zero-order chi connectivity index (χ0) is 18.7. The molecule has 0 unspecified atom stereocenters. The van der Waals surface area contributed by atoms with Crippen LogP contribution in [0.25, 0.3) is 10.2 Å². The first-order valence-electron chi connectivity index (χ1n) is 7.89. The summed E-state index contributed by atoms with van der Waals surface area (Å²) in [6.45, 7) is 5.78. The Morgan fingerprint density at radius 2 is 1.85 bits per heavy atom. The largest absolute Gasteiger partial charge is 0.360 e. The van der Waals surface area contributed by atoms with Crippen molar-refractivity contribution in [2.24, 2.45) is 0 Å². The van der Waals surface area contributed by atoms with Gasteiger partial charge >= 0.3 is 0 Å². The van der Waals surface area contributed by atoms with Crippen LogP contribution in [0, 0.1) is 20.8 Å². The van der Waals surface area contributed by atoms with Gasteiger partial charge in [-0.3, -0.25) is 9.59 Å². The van der Waals surface area contributed by atoms with Gasteiger partial charge in [0.1, 0.15) is 5.76 Å². The molecule has 0 atom stereocenters. The molecule has 2 amide bonds. The Bertz CT molecular complexity index is 964. The number of aryl methyl sites for hydroxylation is 3. The number of rotatable bonds is 6. The smallest absolute Gasteiger partial charge is 0.236 e. The molecule has 2 heterocycles. The maximum absolute atomic E-state index is 12.1. The van der Waals surface area contributed by atoms with E-state index in [-0.39, 0.29) is 23.3 Å². The zero-order valence-electron chi connectivity index (χ0n) is 14.6. The number of benzene rings is 1. The second kappa shape index (κ2) is 7.88. The molecule has 0 radical (unpaired) electrons. The van der Waals surface area contributed by atoms with Crippen molar-refractivity contribution >= 4 is 56.1 Å². The minimum Gasteiger partial charge on any atom is -0.360 e. The number of nitrogens with zero attached hydrogens (tertiary/aromatic N) is 2. The Morgan fingerprint density at radius 1 is 1.12 bits per heavy atom. The molecule has 2 aromatic heterocycles. The molecule has 0 spiro atoms. The predicted molar refractivity (Wildman–Crippen MR) is 105 cm³/mol. The molecule has 0 aliphatic carbocycles. The summed E-state index contributed by atoms with van der Waals surface area (Å²) in [6.07, 6.45) is 0. The van der Waals surface area contributed by atoms with E-state index in [2.05, 4.69) is 32.9 Å². The normalized spacial score (nSPS) is 10.9. The summed E-state index contributed by atoms with van der Waals surface area (Å²) in [7, 11) is 0. The molecule has 0 aliphatic rings. The highest BCUT2D eigenvalue weighted by atomic mass is 32.2. The first-order valence-corrected chi connectivity index (χ1v) is 9.86. The summed E-state index contributed by atoms with van der Waals surface area (Å²) in [5, 5.41) is 9.66. The van der Waals surface area contributed by atoms with E-state index in [9.17, 15) is 9.59 Å². The Kier molecular flexibility index (Phi) is 5.58. The van der Waals surface area contributed by atoms with E-state index in [1.165, 1.54) is 28.7 Å². The van der Waals surface area contributed by atoms with Crippen LogP contribution in [0.15, 0.2) is 22.7 Å². The molecule has 0 fully saturated rings. The molecular formula is C17H18N4O3S2. The molecule has 3 aromatic rings. The molecule has 2 N–H and O–H groups in total. The first-order chi connectivity index (χ1) is 12.4. The van der Waals surface area contributed by atoms with E-state index < -0.39 is 0 Å². The van der Waals surface area contributed by atoms with Crippen LogP contribution in [0.3, 0.4) is 0 Å². The fourth-order valence-corrected chi connectivity index (χ4v) is 4.10. The minimum atomic E-state index is -0.234. The van der Waals surface area contributed by atoms with Crippen LogP contribution >= 0.6 is 23.1 Å². The lowest BCUT2D eigenvalue weighted by Gasteiger charge is -2.02. The van der Waals surface area contributed by atoms with Crippen molar-refractivity contribution in [3.8, 4) is 0 Å². The van der Waals surface area contributed by atoms with Gasteiger partial charge in [-0.25, -0.2) is 4.98 Å². The Labute approximate surface area is 158 Å². The number of carbonyl (C=O) groups is 2. The quantitative estimate of drug-likeness (QED) is 0.668. The van der Waals surface area contributed by atoms with Gasteiger partial charge in [-0.05, 0) is 38.0 Å². The number of thiazole rings is 1. The lowest BCUT2D eigenvalue weighted by Crippen LogP contribution is -2.18. The molecule has 0 saturated heterocycles. The lowest BCUT2D eigenvalue weighted by atomic mass is 10.1. The third-order valence-electron chi connectivity index (χ3n) is 3.44. The van der Waals surface area contributed by atoms with E-state index in [0.717, 1.165) is 15.8 Å². The number of hydrogen-bond acceptors (Lipinski definition) is 7. The molecule has 136 valence electrons. The van der Waals surface area contributed by atoms with Crippen molar-refractivity contribution in [1.82, 2.24) is 10.1 Å². The van der Waals surface area contributed by atoms with Gasteiger partial charge in [0.2, 0.25) is 11.8 Å². The van der Waals surface area contributed by atoms with Crippen LogP contribution in [0.1, 0.15) is 16.9 Å². The molecule has 0 aliphatic heterocycles. The summed E-state index contributed by atoms with van der Waals surface area (Å²) < 4.78 is 5.92. The van der Waals surface area contributed by atoms with Crippen LogP contribution in [-0.2, 0) is 9.59 Å². The Morgan fingerprint density at radius 3 is 2.54 bits per heavy atom. The van der Waals surface area contributed by atoms with Gasteiger partial charge in [-0.2, -0.15) is 0 Å². The first kappa shape index (κ1) is 18.4. The maximum Gasteiger partial charge on any atom is 0.236 e. The van der Waals surface area contributed by atoms with Crippen molar-refractivity contribution in [3.63, 3.8) is 0 Å². The average Bonchev–Trinajstić information content (AvgIpc) is 3.13. The van der Waals surface area contributed by atoms with Gasteiger partial charge in [0.25, 0.3) is 0 Å². The van der Waals surface area contributed by atoms with E-state index in [0.29, 0.717) is 16.7 Å². The van der Waals surface area contributed by atoms with Crippen molar-refractivity contribution < 1.29 is 14.1 Å². The number of aromatic nitrogens is 2. The van der Waals surface area contributed by atoms with Crippen molar-refractivity contribution in [1.29, 1.82) is 0 Å². The summed E-state index contributed by atoms with van der Waals surface area (Å²) in [5.41, 5.74) is 3.16. The number of thioether (sulfide) groups is 1. The molecule has 26 heavy (non-hydrogen) atoms. The Hall–Kier alpha value is -2.39. The van der Waals surface area contributed by atoms with E-state index in [1.807, 2.05) is 13.8 Å². The second-order valence-electron chi connectivity index (χ2n) is 5.86. The van der Waals surface area contributed by atoms with Crippen LogP contribution < -0.4 is 10.6 Å². The fraction of sp³-hybridized carbons (Fsp3) is 0.294. The molecule has 0 saturated carbocycles. The summed E-state index contributed by atoms with van der Waals surface area (Å²) in [4.78, 5) is 28.3. The zero-order valence-corrected chi connectivity index (χ0v) is 16.2. The van der Waals surface area contributed by atoms with E-state index in [1.54, 1.807) is 13.0 Å². The maximum atomic E-state index is 12.1. The third-order valence-corrected chi connectivity index (χ3v) is 5.29. The monoisotopic (exact) mass is 390 g/mol. The lowest BCUT2D eigenvalue weighted by molar-refractivity contribution is -0.114. The highest BCUT2D eigenvalue weighted by Gasteiger charge is 2.11. The van der Waals surface area contributed by atoms with Gasteiger partial charge in [-0.1, -0.05) is 22.6 Å². The minimum absolute atomic E-state index is 0.150. The van der Waals surface area contributed by atoms with Gasteiger partial charge in [0.05, 0.1) is 21.7 Å². The standard InChI is InChI=1S/C17H18N4O3S2/c1-9-4-10(2)16-12(5-9)26-17(20-16)19-15(23)8-25-7-14(22)18-13-6-11(3)24-21-13/h4-6H,7-8H2,1-3H3,(H,18,21,22)(H,19,20,23). The second-order valence-corrected chi connectivity index (χ2v) is 7.88. The van der Waals surface area contributed by atoms with Gasteiger partial charge in [0, 0.05) is 6.07 Å². The molecular weight excluding hydrogens is 372 g/mol. The molecule has 9 heteroatoms. The number of anilines is 2. The van der Waals surface area contributed by atoms with Crippen LogP contribution in [0.2, 0.25) is 0 Å². The highest BCUT2D eigenvalue weighted by molar-refractivity contribution is 8.00. The summed E-state index contributed by atoms with van der Waals surface area (Å²) in [5.74, 6) is 0.887. The number of fused-ring (bicyclic) bond motifs is 1. The topological polar surface area (TPSA) is 97.1 Å². The molecule has 7 nitrogen and oxygen atoms in total. The summed E-state index contributed by atoms with van der Waals surface area (Å²) >= 11 is 2.67. The number of hydrogen-bond donors (Lipinski definition) is 2. The van der Waals surface area contributed by atoms with Gasteiger partial charge < -0.3 is 15.2 Å². The van der Waals surface area contributed by atoms with Crippen molar-refractivity contribution in [3.05, 3.63) is 35.1 Å². The van der Waals surface area contributed by atoms with Crippen molar-refractivity contribution in [2.75, 3.05) is 22.1 Å². The van der Waals surface area contributed by atoms with Crippen LogP contribution in [0.5, 0.6) is 0 Å². The number of amides is 2. The third kappa shape index (κ3) is 4.61. The van der Waals surface area contributed by atoms with Crippen LogP contribution in [0.4, 0.5) is 10.9 Å². The Balaban J connectivity index is 1.48. The van der Waals surface area contributed by atoms with E-state index in [4.69, 9.17) is 4.52 Å². The van der Waals surface area contributed by atoms with Gasteiger partial charge in [-0.15, -0.1) is 11.8 Å². The van der Waals surface area contributed by atoms with E-state index >= 15 is 0 Å². The number of carbonyl (C=O) groups excluding carboxylic acids is 2. The fourth-order valence-electron chi connectivity index (χ4n) is 2.42. The predicted octanol–water partition coefficient (Wildman–Crippen LogP) is 3.52.